The van der Waals surface area contributed by atoms with Gasteiger partial charge in [0.05, 0.1) is 20.1 Å². The summed E-state index contributed by atoms with van der Waals surface area (Å²) in [5.41, 5.74) is 4.62. The monoisotopic (exact) mass is 553 g/mol. The quantitative estimate of drug-likeness (QED) is 0.297. The fraction of sp³-hybridized carbons (Fsp3) is 0.333. The number of aromatic nitrogens is 4. The van der Waals surface area contributed by atoms with Crippen LogP contribution in [0.1, 0.15) is 41.5 Å². The summed E-state index contributed by atoms with van der Waals surface area (Å²) in [6.07, 6.45) is 1.07. The number of benzene rings is 2. The summed E-state index contributed by atoms with van der Waals surface area (Å²) in [7, 11) is -0.0597. The zero-order valence-corrected chi connectivity index (χ0v) is 22.9. The number of carboxylic acid groups (broad SMARTS) is 1. The van der Waals surface area contributed by atoms with Crippen LogP contribution in [0.5, 0.6) is 11.6 Å². The highest BCUT2D eigenvalue weighted by molar-refractivity contribution is 8.22. The Morgan fingerprint density at radius 3 is 2.77 bits per heavy atom. The van der Waals surface area contributed by atoms with Gasteiger partial charge < -0.3 is 14.6 Å². The lowest BCUT2D eigenvalue weighted by Crippen LogP contribution is -2.33. The summed E-state index contributed by atoms with van der Waals surface area (Å²) < 4.78 is 37.3. The van der Waals surface area contributed by atoms with Gasteiger partial charge in [0.2, 0.25) is 5.88 Å². The Hall–Kier alpha value is -3.71. The van der Waals surface area contributed by atoms with Crippen LogP contribution in [0, 0.1) is 6.92 Å². The lowest BCUT2D eigenvalue weighted by molar-refractivity contribution is -0.137. The van der Waals surface area contributed by atoms with Crippen LogP contribution in [-0.2, 0) is 18.4 Å². The predicted octanol–water partition coefficient (Wildman–Crippen LogP) is 4.59. The van der Waals surface area contributed by atoms with Gasteiger partial charge in [0.25, 0.3) is 0 Å². The predicted molar refractivity (Wildman–Crippen MR) is 146 cm³/mol. The number of pyridine rings is 1. The molecule has 0 radical (unpaired) electrons. The summed E-state index contributed by atoms with van der Waals surface area (Å²) in [4.78, 5) is 16.4. The minimum atomic E-state index is -3.38. The first-order valence-electron chi connectivity index (χ1n) is 12.4. The largest absolute Gasteiger partial charge is 0.494 e. The Morgan fingerprint density at radius 2 is 2.03 bits per heavy atom. The molecule has 0 spiro atoms. The third-order valence-electron chi connectivity index (χ3n) is 6.98. The van der Waals surface area contributed by atoms with Crippen LogP contribution >= 0.6 is 10.8 Å². The van der Waals surface area contributed by atoms with Crippen molar-refractivity contribution in [1.29, 1.82) is 0 Å². The second kappa shape index (κ2) is 10.5. The number of aryl methyl sites for hydroxylation is 2. The first-order valence-corrected chi connectivity index (χ1v) is 13.9. The molecule has 206 valence electrons. The number of hydrogen-bond acceptors (Lipinski definition) is 9. The summed E-state index contributed by atoms with van der Waals surface area (Å²) >= 11 is 0. The second-order valence-electron chi connectivity index (χ2n) is 9.72. The van der Waals surface area contributed by atoms with Crippen molar-refractivity contribution in [3.05, 3.63) is 70.9 Å². The van der Waals surface area contributed by atoms with E-state index < -0.39 is 22.7 Å². The van der Waals surface area contributed by atoms with Crippen molar-refractivity contribution >= 4 is 27.8 Å². The van der Waals surface area contributed by atoms with Crippen molar-refractivity contribution in [2.24, 2.45) is 7.05 Å². The molecule has 2 aromatic heterocycles. The molecular formula is C27H31N5O6S. The van der Waals surface area contributed by atoms with Crippen LogP contribution in [0.4, 0.5) is 0 Å². The van der Waals surface area contributed by atoms with E-state index in [4.69, 9.17) is 9.47 Å². The maximum Gasteiger partial charge on any atom is 0.304 e. The van der Waals surface area contributed by atoms with Gasteiger partial charge in [-0.25, -0.2) is 9.67 Å². The third-order valence-corrected chi connectivity index (χ3v) is 8.87. The highest BCUT2D eigenvalue weighted by Gasteiger charge is 2.35. The molecule has 5 rings (SSSR count). The zero-order valence-electron chi connectivity index (χ0n) is 22.1. The van der Waals surface area contributed by atoms with E-state index in [-0.39, 0.29) is 36.4 Å². The Balaban J connectivity index is 1.55. The lowest BCUT2D eigenvalue weighted by Gasteiger charge is -2.41. The van der Waals surface area contributed by atoms with E-state index in [9.17, 15) is 19.0 Å². The molecule has 12 heteroatoms. The van der Waals surface area contributed by atoms with Crippen LogP contribution in [-0.4, -0.2) is 64.2 Å². The SMILES string of the molecule is COc1cc(C(CC(=O)O)c2ccc(C)c(CN3C[C@@H](C)Oc4ncccc4S3(O)O)c2)cc2nnn(C)c12. The molecule has 1 aliphatic rings. The second-order valence-corrected chi connectivity index (χ2v) is 11.7. The number of hydrogen-bond donors (Lipinski definition) is 3. The van der Waals surface area contributed by atoms with Gasteiger partial charge in [-0.1, -0.05) is 23.4 Å². The van der Waals surface area contributed by atoms with Crippen LogP contribution in [0.2, 0.25) is 0 Å². The van der Waals surface area contributed by atoms with E-state index in [2.05, 4.69) is 15.3 Å². The average Bonchev–Trinajstić information content (AvgIpc) is 3.24. The van der Waals surface area contributed by atoms with E-state index >= 15 is 0 Å². The van der Waals surface area contributed by atoms with Gasteiger partial charge in [-0.2, -0.15) is 4.31 Å². The summed E-state index contributed by atoms with van der Waals surface area (Å²) in [5.74, 6) is -0.679. The minimum absolute atomic E-state index is 0.153. The standard InChI is InChI=1S/C27H31N5O6S/c1-16-7-8-18(21(13-25(33)34)19-11-22-26(23(12-19)37-4)31(3)30-29-22)10-20(16)15-32-14-17(2)38-27-24(39(32,35)36)6-5-9-28-27/h5-12,17,21,35-36H,13-15H2,1-4H3,(H,33,34)/t17-,21?/m1/s1. The number of aliphatic carboxylic acids is 1. The molecule has 39 heavy (non-hydrogen) atoms. The van der Waals surface area contributed by atoms with Crippen molar-refractivity contribution in [2.75, 3.05) is 13.7 Å². The van der Waals surface area contributed by atoms with E-state index in [1.807, 2.05) is 44.2 Å². The number of carbonyl (C=O) groups is 1. The Morgan fingerprint density at radius 1 is 1.23 bits per heavy atom. The Bertz CT molecular complexity index is 1540. The average molecular weight is 554 g/mol. The molecule has 3 heterocycles. The molecule has 3 N–H and O–H groups in total. The molecule has 11 nitrogen and oxygen atoms in total. The van der Waals surface area contributed by atoms with Crippen molar-refractivity contribution in [1.82, 2.24) is 24.3 Å². The highest BCUT2D eigenvalue weighted by atomic mass is 32.3. The third kappa shape index (κ3) is 5.15. The van der Waals surface area contributed by atoms with E-state index in [0.717, 1.165) is 27.8 Å². The summed E-state index contributed by atoms with van der Waals surface area (Å²) in [6, 6.07) is 12.7. The summed E-state index contributed by atoms with van der Waals surface area (Å²) in [5, 5.41) is 18.1. The fourth-order valence-electron chi connectivity index (χ4n) is 4.99. The Kier molecular flexibility index (Phi) is 7.21. The number of carboxylic acids is 1. The Labute approximate surface area is 227 Å². The van der Waals surface area contributed by atoms with Gasteiger partial charge in [0.15, 0.2) is 0 Å². The van der Waals surface area contributed by atoms with Crippen LogP contribution in [0.3, 0.4) is 0 Å². The van der Waals surface area contributed by atoms with Gasteiger partial charge in [-0.3, -0.25) is 13.9 Å². The number of rotatable bonds is 7. The number of fused-ring (bicyclic) bond motifs is 2. The normalized spacial score (nSPS) is 18.6. The van der Waals surface area contributed by atoms with Gasteiger partial charge in [0.1, 0.15) is 27.8 Å². The van der Waals surface area contributed by atoms with Crippen molar-refractivity contribution in [2.45, 2.75) is 43.7 Å². The number of ether oxygens (including phenoxy) is 2. The molecule has 0 aliphatic carbocycles. The molecule has 0 saturated heterocycles. The first-order chi connectivity index (χ1) is 18.6. The van der Waals surface area contributed by atoms with Gasteiger partial charge >= 0.3 is 5.97 Å². The van der Waals surface area contributed by atoms with Crippen molar-refractivity contribution in [3.63, 3.8) is 0 Å². The van der Waals surface area contributed by atoms with Crippen molar-refractivity contribution in [3.8, 4) is 11.6 Å². The maximum atomic E-state index is 12.0. The maximum absolute atomic E-state index is 12.0. The number of nitrogens with zero attached hydrogens (tertiary/aromatic N) is 5. The minimum Gasteiger partial charge on any atom is -0.494 e. The van der Waals surface area contributed by atoms with E-state index in [0.29, 0.717) is 11.3 Å². The number of methoxy groups -OCH3 is 1. The molecule has 0 bridgehead atoms. The van der Waals surface area contributed by atoms with Crippen LogP contribution in [0.15, 0.2) is 53.6 Å². The zero-order chi connectivity index (χ0) is 27.9. The van der Waals surface area contributed by atoms with E-state index in [1.165, 1.54) is 0 Å². The van der Waals surface area contributed by atoms with Gasteiger partial charge in [-0.15, -0.1) is 15.9 Å². The fourth-order valence-corrected chi connectivity index (χ4v) is 6.60. The molecule has 1 unspecified atom stereocenters. The molecular weight excluding hydrogens is 522 g/mol. The van der Waals surface area contributed by atoms with Gasteiger partial charge in [0, 0.05) is 25.7 Å². The van der Waals surface area contributed by atoms with Crippen molar-refractivity contribution < 1.29 is 28.5 Å². The smallest absolute Gasteiger partial charge is 0.304 e. The summed E-state index contributed by atoms with van der Waals surface area (Å²) in [6.45, 7) is 4.28. The van der Waals surface area contributed by atoms with E-state index in [1.54, 1.807) is 41.5 Å². The molecule has 0 fully saturated rings. The van der Waals surface area contributed by atoms with Gasteiger partial charge in [-0.05, 0) is 60.4 Å². The molecule has 1 aliphatic heterocycles. The molecule has 0 amide bonds. The van der Waals surface area contributed by atoms with Crippen LogP contribution in [0.25, 0.3) is 11.0 Å². The first kappa shape index (κ1) is 26.9. The molecule has 4 aromatic rings. The molecule has 0 saturated carbocycles. The lowest BCUT2D eigenvalue weighted by atomic mass is 9.86. The topological polar surface area (TPSA) is 143 Å². The molecule has 2 aromatic carbocycles. The highest BCUT2D eigenvalue weighted by Crippen LogP contribution is 2.56. The van der Waals surface area contributed by atoms with Crippen LogP contribution < -0.4 is 9.47 Å². The molecule has 2 atom stereocenters.